The Morgan fingerprint density at radius 3 is 2.81 bits per heavy atom. The second kappa shape index (κ2) is 6.84. The van der Waals surface area contributed by atoms with Crippen molar-refractivity contribution in [3.63, 3.8) is 0 Å². The third-order valence-corrected chi connectivity index (χ3v) is 4.95. The molecule has 1 aromatic carbocycles. The molecule has 0 radical (unpaired) electrons. The van der Waals surface area contributed by atoms with Crippen LogP contribution in [-0.4, -0.2) is 31.9 Å². The Bertz CT molecular complexity index is 937. The molecule has 26 heavy (non-hydrogen) atoms. The molecule has 0 bridgehead atoms. The number of nitrogens with two attached hydrogens (primary N) is 1. The van der Waals surface area contributed by atoms with E-state index in [2.05, 4.69) is 15.0 Å². The van der Waals surface area contributed by atoms with Crippen LogP contribution in [0, 0.1) is 5.82 Å². The number of amides is 1. The highest BCUT2D eigenvalue weighted by atomic mass is 19.1. The van der Waals surface area contributed by atoms with Crippen LogP contribution in [0.3, 0.4) is 0 Å². The van der Waals surface area contributed by atoms with Crippen molar-refractivity contribution in [1.82, 2.24) is 19.5 Å². The molecule has 0 spiro atoms. The van der Waals surface area contributed by atoms with Gasteiger partial charge in [-0.25, -0.2) is 13.9 Å². The number of aromatic nitrogens is 3. The van der Waals surface area contributed by atoms with Gasteiger partial charge in [0.15, 0.2) is 5.65 Å². The van der Waals surface area contributed by atoms with Crippen LogP contribution in [0.25, 0.3) is 5.65 Å². The molecular formula is C19H20FN5O. The third-order valence-electron chi connectivity index (χ3n) is 4.95. The van der Waals surface area contributed by atoms with Gasteiger partial charge in [0.05, 0.1) is 17.9 Å². The molecule has 3 heterocycles. The van der Waals surface area contributed by atoms with E-state index in [4.69, 9.17) is 5.73 Å². The van der Waals surface area contributed by atoms with E-state index in [9.17, 15) is 9.18 Å². The van der Waals surface area contributed by atoms with Gasteiger partial charge >= 0.3 is 0 Å². The second-order valence-corrected chi connectivity index (χ2v) is 6.64. The summed E-state index contributed by atoms with van der Waals surface area (Å²) in [5, 5.41) is 4.35. The first kappa shape index (κ1) is 16.7. The average Bonchev–Trinajstić information content (AvgIpc) is 3.09. The van der Waals surface area contributed by atoms with Crippen molar-refractivity contribution in [1.29, 1.82) is 0 Å². The number of likely N-dealkylation sites (tertiary alicyclic amines) is 1. The Kier molecular flexibility index (Phi) is 4.38. The van der Waals surface area contributed by atoms with Gasteiger partial charge in [0.25, 0.3) is 5.91 Å². The number of primary amides is 1. The van der Waals surface area contributed by atoms with Crippen molar-refractivity contribution in [2.75, 3.05) is 6.54 Å². The van der Waals surface area contributed by atoms with E-state index >= 15 is 0 Å². The standard InChI is InChI=1S/C19H20FN5O/c20-14-6-4-13(5-7-14)12-24-10-2-1-3-16(24)17-8-9-22-19-15(18(21)26)11-23-25(17)19/h4-9,11,16H,1-3,10,12H2,(H2,21,26). The van der Waals surface area contributed by atoms with Gasteiger partial charge in [0, 0.05) is 12.7 Å². The summed E-state index contributed by atoms with van der Waals surface area (Å²) in [5.41, 5.74) is 8.30. The molecule has 134 valence electrons. The summed E-state index contributed by atoms with van der Waals surface area (Å²) in [6.07, 6.45) is 6.41. The Morgan fingerprint density at radius 2 is 2.04 bits per heavy atom. The zero-order valence-corrected chi connectivity index (χ0v) is 14.3. The van der Waals surface area contributed by atoms with Gasteiger partial charge in [-0.1, -0.05) is 18.6 Å². The summed E-state index contributed by atoms with van der Waals surface area (Å²) in [4.78, 5) is 18.2. The van der Waals surface area contributed by atoms with E-state index < -0.39 is 5.91 Å². The summed E-state index contributed by atoms with van der Waals surface area (Å²) in [7, 11) is 0. The van der Waals surface area contributed by atoms with Crippen molar-refractivity contribution in [2.24, 2.45) is 5.73 Å². The van der Waals surface area contributed by atoms with Crippen LogP contribution in [0.5, 0.6) is 0 Å². The largest absolute Gasteiger partial charge is 0.365 e. The molecule has 1 atom stereocenters. The van der Waals surface area contributed by atoms with Crippen LogP contribution in [-0.2, 0) is 6.54 Å². The second-order valence-electron chi connectivity index (χ2n) is 6.64. The molecule has 1 amide bonds. The Balaban J connectivity index is 1.69. The lowest BCUT2D eigenvalue weighted by Crippen LogP contribution is -2.34. The number of rotatable bonds is 4. The number of carbonyl (C=O) groups excluding carboxylic acids is 1. The molecule has 3 aromatic rings. The highest BCUT2D eigenvalue weighted by Crippen LogP contribution is 2.32. The Hall–Kier alpha value is -2.80. The first-order chi connectivity index (χ1) is 12.6. The number of piperidine rings is 1. The molecule has 0 saturated carbocycles. The molecular weight excluding hydrogens is 333 g/mol. The van der Waals surface area contributed by atoms with Gasteiger partial charge < -0.3 is 5.73 Å². The molecule has 2 aromatic heterocycles. The van der Waals surface area contributed by atoms with E-state index in [1.165, 1.54) is 18.3 Å². The van der Waals surface area contributed by atoms with Crippen LogP contribution in [0.2, 0.25) is 0 Å². The number of fused-ring (bicyclic) bond motifs is 1. The van der Waals surface area contributed by atoms with E-state index in [1.807, 2.05) is 18.2 Å². The smallest absolute Gasteiger partial charge is 0.254 e. The number of nitrogens with zero attached hydrogens (tertiary/aromatic N) is 4. The van der Waals surface area contributed by atoms with Crippen LogP contribution in [0.4, 0.5) is 4.39 Å². The summed E-state index contributed by atoms with van der Waals surface area (Å²) in [6.45, 7) is 1.69. The third kappa shape index (κ3) is 3.06. The first-order valence-corrected chi connectivity index (χ1v) is 8.74. The molecule has 1 fully saturated rings. The molecule has 0 aliphatic carbocycles. The van der Waals surface area contributed by atoms with Gasteiger partial charge in [-0.15, -0.1) is 0 Å². The molecule has 4 rings (SSSR count). The quantitative estimate of drug-likeness (QED) is 0.782. The van der Waals surface area contributed by atoms with E-state index in [0.29, 0.717) is 11.2 Å². The maximum Gasteiger partial charge on any atom is 0.254 e. The molecule has 1 unspecified atom stereocenters. The molecule has 7 heteroatoms. The minimum atomic E-state index is -0.531. The average molecular weight is 353 g/mol. The minimum absolute atomic E-state index is 0.153. The minimum Gasteiger partial charge on any atom is -0.365 e. The number of halogens is 1. The van der Waals surface area contributed by atoms with Crippen LogP contribution in [0.15, 0.2) is 42.7 Å². The fourth-order valence-corrected chi connectivity index (χ4v) is 3.68. The van der Waals surface area contributed by atoms with E-state index in [1.54, 1.807) is 10.7 Å². The van der Waals surface area contributed by atoms with Gasteiger partial charge in [-0.2, -0.15) is 5.10 Å². The van der Waals surface area contributed by atoms with Gasteiger partial charge in [-0.05, 0) is 43.1 Å². The highest BCUT2D eigenvalue weighted by molar-refractivity contribution is 5.98. The van der Waals surface area contributed by atoms with Crippen LogP contribution >= 0.6 is 0 Å². The fraction of sp³-hybridized carbons (Fsp3) is 0.316. The van der Waals surface area contributed by atoms with Crippen LogP contribution < -0.4 is 5.73 Å². The number of hydrogen-bond donors (Lipinski definition) is 1. The lowest BCUT2D eigenvalue weighted by Gasteiger charge is -2.36. The van der Waals surface area contributed by atoms with Gasteiger partial charge in [0.1, 0.15) is 11.4 Å². The molecule has 1 aliphatic rings. The normalized spacial score (nSPS) is 18.3. The molecule has 1 aliphatic heterocycles. The van der Waals surface area contributed by atoms with Gasteiger partial charge in [0.2, 0.25) is 0 Å². The number of benzene rings is 1. The summed E-state index contributed by atoms with van der Waals surface area (Å²) < 4.78 is 14.9. The summed E-state index contributed by atoms with van der Waals surface area (Å²) in [6, 6.07) is 8.72. The molecule has 6 nitrogen and oxygen atoms in total. The van der Waals surface area contributed by atoms with Crippen molar-refractivity contribution < 1.29 is 9.18 Å². The Morgan fingerprint density at radius 1 is 1.23 bits per heavy atom. The fourth-order valence-electron chi connectivity index (χ4n) is 3.68. The first-order valence-electron chi connectivity index (χ1n) is 8.74. The molecule has 1 saturated heterocycles. The SMILES string of the molecule is NC(=O)c1cnn2c(C3CCCCN3Cc3ccc(F)cc3)ccnc12. The van der Waals surface area contributed by atoms with Crippen molar-refractivity contribution in [2.45, 2.75) is 31.8 Å². The maximum absolute atomic E-state index is 13.2. The van der Waals surface area contributed by atoms with Crippen molar-refractivity contribution in [3.8, 4) is 0 Å². The maximum atomic E-state index is 13.2. The lowest BCUT2D eigenvalue weighted by molar-refractivity contribution is 0.100. The predicted molar refractivity (Wildman–Crippen MR) is 94.9 cm³/mol. The van der Waals surface area contributed by atoms with Crippen molar-refractivity contribution >= 4 is 11.6 Å². The Labute approximate surface area is 150 Å². The van der Waals surface area contributed by atoms with Crippen LogP contribution in [0.1, 0.15) is 46.9 Å². The zero-order chi connectivity index (χ0) is 18.1. The topological polar surface area (TPSA) is 76.5 Å². The van der Waals surface area contributed by atoms with E-state index in [-0.39, 0.29) is 11.9 Å². The number of carbonyl (C=O) groups is 1. The predicted octanol–water partition coefficient (Wildman–Crippen LogP) is 2.69. The summed E-state index contributed by atoms with van der Waals surface area (Å²) in [5.74, 6) is -0.758. The zero-order valence-electron chi connectivity index (χ0n) is 14.3. The summed E-state index contributed by atoms with van der Waals surface area (Å²) >= 11 is 0. The highest BCUT2D eigenvalue weighted by Gasteiger charge is 2.27. The number of hydrogen-bond acceptors (Lipinski definition) is 4. The monoisotopic (exact) mass is 353 g/mol. The molecule has 2 N–H and O–H groups in total. The van der Waals surface area contributed by atoms with Crippen molar-refractivity contribution in [3.05, 3.63) is 65.4 Å². The van der Waals surface area contributed by atoms with Gasteiger partial charge in [-0.3, -0.25) is 9.69 Å². The van der Waals surface area contributed by atoms with E-state index in [0.717, 1.165) is 43.6 Å². The lowest BCUT2D eigenvalue weighted by atomic mass is 9.98.